The van der Waals surface area contributed by atoms with Crippen LogP contribution in [0.3, 0.4) is 0 Å². The van der Waals surface area contributed by atoms with E-state index in [2.05, 4.69) is 19.9 Å². The molecule has 1 unspecified atom stereocenters. The highest BCUT2D eigenvalue weighted by molar-refractivity contribution is 7.89. The maximum atomic E-state index is 12.2. The molecule has 1 saturated heterocycles. The fourth-order valence-corrected chi connectivity index (χ4v) is 3.07. The second-order valence-corrected chi connectivity index (χ2v) is 6.50. The van der Waals surface area contributed by atoms with Crippen LogP contribution in [0.25, 0.3) is 0 Å². The van der Waals surface area contributed by atoms with Gasteiger partial charge in [-0.2, -0.15) is 0 Å². The molecule has 0 aromatic carbocycles. The molecule has 1 aromatic rings. The molecule has 0 saturated carbocycles. The highest BCUT2D eigenvalue weighted by atomic mass is 32.2. The van der Waals surface area contributed by atoms with Gasteiger partial charge >= 0.3 is 0 Å². The van der Waals surface area contributed by atoms with Crippen molar-refractivity contribution in [1.29, 1.82) is 0 Å². The molecule has 0 amide bonds. The highest BCUT2D eigenvalue weighted by Crippen LogP contribution is 2.12. The van der Waals surface area contributed by atoms with Crippen LogP contribution in [0.15, 0.2) is 23.2 Å². The van der Waals surface area contributed by atoms with Crippen LogP contribution in [0, 0.1) is 0 Å². The number of sulfonamides is 1. The summed E-state index contributed by atoms with van der Waals surface area (Å²) in [7, 11) is 0.146. The van der Waals surface area contributed by atoms with Gasteiger partial charge in [0.15, 0.2) is 0 Å². The van der Waals surface area contributed by atoms with Gasteiger partial charge in [0.2, 0.25) is 10.0 Å². The Morgan fingerprint density at radius 1 is 1.55 bits per heavy atom. The molecule has 2 rings (SSSR count). The molecule has 1 fully saturated rings. The lowest BCUT2D eigenvalue weighted by Gasteiger charge is -2.30. The molecule has 2 N–H and O–H groups in total. The van der Waals surface area contributed by atoms with Gasteiger partial charge in [-0.3, -0.25) is 0 Å². The maximum absolute atomic E-state index is 12.2. The summed E-state index contributed by atoms with van der Waals surface area (Å²) in [5.74, 6) is 0.515. The zero-order valence-corrected chi connectivity index (χ0v) is 12.5. The zero-order valence-electron chi connectivity index (χ0n) is 11.7. The van der Waals surface area contributed by atoms with E-state index < -0.39 is 10.0 Å². The number of hydrogen-bond acceptors (Lipinski definition) is 6. The summed E-state index contributed by atoms with van der Waals surface area (Å²) in [5, 5.41) is 2.82. The lowest BCUT2D eigenvalue weighted by atomic mass is 10.3. The van der Waals surface area contributed by atoms with Crippen molar-refractivity contribution < 1.29 is 13.2 Å². The van der Waals surface area contributed by atoms with Crippen molar-refractivity contribution in [3.8, 4) is 0 Å². The topological polar surface area (TPSA) is 83.6 Å². The normalized spacial score (nSPS) is 20.8. The Morgan fingerprint density at radius 2 is 2.35 bits per heavy atom. The average molecular weight is 300 g/mol. The number of rotatable bonds is 5. The number of ether oxygens (including phenoxy) is 1. The molecular weight excluding hydrogens is 280 g/mol. The van der Waals surface area contributed by atoms with Gasteiger partial charge in [-0.15, -0.1) is 0 Å². The molecule has 112 valence electrons. The standard InChI is InChI=1S/C12H20N4O3S/c1-13-12-7-11(3-4-14-12)20(17,18)15-8-10-9-16(2)5-6-19-10/h3-4,7,10,15H,5-6,8-9H2,1-2H3,(H,13,14). The molecular formula is C12H20N4O3S. The Balaban J connectivity index is 1.99. The zero-order chi connectivity index (χ0) is 14.6. The minimum atomic E-state index is -3.54. The van der Waals surface area contributed by atoms with Crippen molar-refractivity contribution in [3.05, 3.63) is 18.3 Å². The molecule has 0 bridgehead atoms. The van der Waals surface area contributed by atoms with Crippen molar-refractivity contribution in [1.82, 2.24) is 14.6 Å². The monoisotopic (exact) mass is 300 g/mol. The van der Waals surface area contributed by atoms with Crippen molar-refractivity contribution >= 4 is 15.8 Å². The minimum Gasteiger partial charge on any atom is -0.374 e. The third-order valence-corrected chi connectivity index (χ3v) is 4.56. The van der Waals surface area contributed by atoms with Crippen LogP contribution in [0.5, 0.6) is 0 Å². The molecule has 0 spiro atoms. The molecule has 2 heterocycles. The lowest BCUT2D eigenvalue weighted by molar-refractivity contribution is -0.0156. The molecule has 1 aliphatic rings. The summed E-state index contributed by atoms with van der Waals surface area (Å²) in [6, 6.07) is 2.97. The van der Waals surface area contributed by atoms with Gasteiger partial charge in [0, 0.05) is 38.9 Å². The van der Waals surface area contributed by atoms with Gasteiger partial charge < -0.3 is 15.0 Å². The molecule has 0 aliphatic carbocycles. The highest BCUT2D eigenvalue weighted by Gasteiger charge is 2.21. The van der Waals surface area contributed by atoms with Gasteiger partial charge in [0.05, 0.1) is 17.6 Å². The fourth-order valence-electron chi connectivity index (χ4n) is 1.99. The minimum absolute atomic E-state index is 0.117. The van der Waals surface area contributed by atoms with Gasteiger partial charge in [-0.25, -0.2) is 18.1 Å². The number of nitrogens with one attached hydrogen (secondary N) is 2. The van der Waals surface area contributed by atoms with E-state index in [1.807, 2.05) is 7.05 Å². The molecule has 7 nitrogen and oxygen atoms in total. The van der Waals surface area contributed by atoms with Crippen LogP contribution < -0.4 is 10.0 Å². The first-order valence-corrected chi connectivity index (χ1v) is 7.93. The van der Waals surface area contributed by atoms with Crippen LogP contribution in [-0.2, 0) is 14.8 Å². The first-order chi connectivity index (χ1) is 9.51. The molecule has 20 heavy (non-hydrogen) atoms. The van der Waals surface area contributed by atoms with E-state index in [9.17, 15) is 8.42 Å². The first-order valence-electron chi connectivity index (χ1n) is 6.45. The smallest absolute Gasteiger partial charge is 0.240 e. The number of anilines is 1. The van der Waals surface area contributed by atoms with Gasteiger partial charge in [-0.05, 0) is 13.1 Å². The van der Waals surface area contributed by atoms with Crippen molar-refractivity contribution in [3.63, 3.8) is 0 Å². The third kappa shape index (κ3) is 3.89. The van der Waals surface area contributed by atoms with Crippen LogP contribution in [0.4, 0.5) is 5.82 Å². The Kier molecular flexibility index (Phi) is 4.92. The Bertz CT molecular complexity index is 549. The fraction of sp³-hybridized carbons (Fsp3) is 0.583. The Labute approximate surface area is 119 Å². The van der Waals surface area contributed by atoms with E-state index in [0.29, 0.717) is 12.4 Å². The first kappa shape index (κ1) is 15.2. The number of hydrogen-bond donors (Lipinski definition) is 2. The summed E-state index contributed by atoms with van der Waals surface area (Å²) in [5.41, 5.74) is 0. The van der Waals surface area contributed by atoms with E-state index in [0.717, 1.165) is 13.1 Å². The van der Waals surface area contributed by atoms with Crippen LogP contribution in [0.2, 0.25) is 0 Å². The number of likely N-dealkylation sites (N-methyl/N-ethyl adjacent to an activating group) is 1. The molecule has 0 radical (unpaired) electrons. The SMILES string of the molecule is CNc1cc(S(=O)(=O)NCC2CN(C)CCO2)ccn1. The quantitative estimate of drug-likeness (QED) is 0.779. The molecule has 8 heteroatoms. The van der Waals surface area contributed by atoms with Crippen LogP contribution in [-0.4, -0.2) is 64.7 Å². The summed E-state index contributed by atoms with van der Waals surface area (Å²) >= 11 is 0. The van der Waals surface area contributed by atoms with Gasteiger partial charge in [0.1, 0.15) is 5.82 Å². The van der Waals surface area contributed by atoms with Crippen LogP contribution in [0.1, 0.15) is 0 Å². The molecule has 1 atom stereocenters. The maximum Gasteiger partial charge on any atom is 0.240 e. The van der Waals surface area contributed by atoms with E-state index in [-0.39, 0.29) is 17.5 Å². The Morgan fingerprint density at radius 3 is 3.05 bits per heavy atom. The lowest BCUT2D eigenvalue weighted by Crippen LogP contribution is -2.45. The summed E-state index contributed by atoms with van der Waals surface area (Å²) in [6.45, 7) is 2.49. The van der Waals surface area contributed by atoms with E-state index in [4.69, 9.17) is 4.74 Å². The summed E-state index contributed by atoms with van der Waals surface area (Å²) in [4.78, 5) is 6.31. The van der Waals surface area contributed by atoms with Gasteiger partial charge in [0.25, 0.3) is 0 Å². The van der Waals surface area contributed by atoms with Crippen molar-refractivity contribution in [2.45, 2.75) is 11.0 Å². The van der Waals surface area contributed by atoms with E-state index in [1.54, 1.807) is 7.05 Å². The molecule has 1 aromatic heterocycles. The van der Waals surface area contributed by atoms with Crippen LogP contribution >= 0.6 is 0 Å². The average Bonchev–Trinajstić information content (AvgIpc) is 2.45. The predicted molar refractivity (Wildman–Crippen MR) is 76.2 cm³/mol. The molecule has 1 aliphatic heterocycles. The van der Waals surface area contributed by atoms with E-state index >= 15 is 0 Å². The summed E-state index contributed by atoms with van der Waals surface area (Å²) < 4.78 is 32.5. The van der Waals surface area contributed by atoms with E-state index in [1.165, 1.54) is 18.3 Å². The largest absolute Gasteiger partial charge is 0.374 e. The number of nitrogens with zero attached hydrogens (tertiary/aromatic N) is 2. The second kappa shape index (κ2) is 6.49. The third-order valence-electron chi connectivity index (χ3n) is 3.14. The number of aromatic nitrogens is 1. The second-order valence-electron chi connectivity index (χ2n) is 4.73. The number of pyridine rings is 1. The predicted octanol–water partition coefficient (Wildman–Crippen LogP) is -0.268. The van der Waals surface area contributed by atoms with Crippen molar-refractivity contribution in [2.75, 3.05) is 45.7 Å². The number of morpholine rings is 1. The van der Waals surface area contributed by atoms with Crippen molar-refractivity contribution in [2.24, 2.45) is 0 Å². The summed E-state index contributed by atoms with van der Waals surface area (Å²) in [6.07, 6.45) is 1.35. The van der Waals surface area contributed by atoms with Gasteiger partial charge in [-0.1, -0.05) is 0 Å². The Hall–Kier alpha value is -1.22.